The van der Waals surface area contributed by atoms with E-state index in [1.807, 2.05) is 19.2 Å². The summed E-state index contributed by atoms with van der Waals surface area (Å²) in [5.74, 6) is 0.771. The summed E-state index contributed by atoms with van der Waals surface area (Å²) in [6.07, 6.45) is 3.03. The van der Waals surface area contributed by atoms with Crippen molar-refractivity contribution in [2.45, 2.75) is 19.5 Å². The first kappa shape index (κ1) is 14.3. The van der Waals surface area contributed by atoms with Crippen LogP contribution in [0, 0.1) is 0 Å². The fourth-order valence-corrected chi connectivity index (χ4v) is 2.04. The second-order valence-electron chi connectivity index (χ2n) is 4.63. The molecule has 1 heterocycles. The Labute approximate surface area is 118 Å². The van der Waals surface area contributed by atoms with Gasteiger partial charge in [-0.2, -0.15) is 0 Å². The van der Waals surface area contributed by atoms with Gasteiger partial charge in [-0.25, -0.2) is 4.98 Å². The normalized spacial score (nSPS) is 12.2. The number of nitrogens with one attached hydrogen (secondary N) is 1. The summed E-state index contributed by atoms with van der Waals surface area (Å²) in [6.45, 7) is 2.53. The van der Waals surface area contributed by atoms with Gasteiger partial charge in [-0.1, -0.05) is 6.07 Å². The molecular formula is C15H19N3O2. The van der Waals surface area contributed by atoms with Crippen molar-refractivity contribution in [3.63, 3.8) is 0 Å². The Morgan fingerprint density at radius 2 is 2.20 bits per heavy atom. The van der Waals surface area contributed by atoms with E-state index in [9.17, 15) is 4.79 Å². The molecule has 106 valence electrons. The van der Waals surface area contributed by atoms with Crippen molar-refractivity contribution in [2.75, 3.05) is 14.2 Å². The Kier molecular flexibility index (Phi) is 4.53. The molecule has 2 aromatic rings. The molecule has 0 spiro atoms. The summed E-state index contributed by atoms with van der Waals surface area (Å²) in [6, 6.07) is 7.70. The molecule has 2 rings (SSSR count). The third-order valence-corrected chi connectivity index (χ3v) is 3.37. The molecule has 1 unspecified atom stereocenters. The zero-order valence-electron chi connectivity index (χ0n) is 12.0. The van der Waals surface area contributed by atoms with Crippen LogP contribution in [0.25, 0.3) is 0 Å². The van der Waals surface area contributed by atoms with E-state index >= 15 is 0 Å². The third kappa shape index (κ3) is 3.05. The van der Waals surface area contributed by atoms with Crippen LogP contribution in [-0.2, 0) is 6.54 Å². The summed E-state index contributed by atoms with van der Waals surface area (Å²) < 4.78 is 6.93. The zero-order chi connectivity index (χ0) is 14.5. The van der Waals surface area contributed by atoms with Crippen molar-refractivity contribution in [1.29, 1.82) is 0 Å². The molecule has 0 saturated heterocycles. The van der Waals surface area contributed by atoms with Gasteiger partial charge in [0.15, 0.2) is 0 Å². The second kappa shape index (κ2) is 6.34. The Balaban J connectivity index is 2.38. The van der Waals surface area contributed by atoms with Crippen LogP contribution in [0.2, 0.25) is 0 Å². The fraction of sp³-hybridized carbons (Fsp3) is 0.333. The molecule has 1 aromatic heterocycles. The standard InChI is InChI=1S/C15H19N3O2/c1-11(16-2)12-4-5-14(20-3)13(8-12)9-18-10-17-7-6-15(18)19/h4-8,10-11,16H,9H2,1-3H3. The number of hydrogen-bond donors (Lipinski definition) is 1. The van der Waals surface area contributed by atoms with Gasteiger partial charge in [-0.3, -0.25) is 9.36 Å². The molecule has 5 heteroatoms. The van der Waals surface area contributed by atoms with Crippen LogP contribution in [0.1, 0.15) is 24.1 Å². The Morgan fingerprint density at radius 3 is 2.85 bits per heavy atom. The molecule has 0 bridgehead atoms. The highest BCUT2D eigenvalue weighted by atomic mass is 16.5. The van der Waals surface area contributed by atoms with E-state index in [0.29, 0.717) is 6.54 Å². The van der Waals surface area contributed by atoms with Gasteiger partial charge >= 0.3 is 0 Å². The molecule has 0 radical (unpaired) electrons. The number of ether oxygens (including phenoxy) is 1. The van der Waals surface area contributed by atoms with E-state index < -0.39 is 0 Å². The maximum atomic E-state index is 11.8. The molecule has 1 N–H and O–H groups in total. The van der Waals surface area contributed by atoms with Crippen molar-refractivity contribution in [2.24, 2.45) is 0 Å². The lowest BCUT2D eigenvalue weighted by molar-refractivity contribution is 0.407. The number of nitrogens with zero attached hydrogens (tertiary/aromatic N) is 2. The van der Waals surface area contributed by atoms with Gasteiger partial charge in [-0.15, -0.1) is 0 Å². The van der Waals surface area contributed by atoms with Crippen molar-refractivity contribution < 1.29 is 4.74 Å². The van der Waals surface area contributed by atoms with Crippen LogP contribution in [-0.4, -0.2) is 23.7 Å². The van der Waals surface area contributed by atoms with Crippen molar-refractivity contribution in [1.82, 2.24) is 14.9 Å². The lowest BCUT2D eigenvalue weighted by Gasteiger charge is -2.15. The molecule has 0 aliphatic carbocycles. The van der Waals surface area contributed by atoms with Crippen LogP contribution in [0.4, 0.5) is 0 Å². The minimum atomic E-state index is -0.0749. The predicted molar refractivity (Wildman–Crippen MR) is 78.1 cm³/mol. The van der Waals surface area contributed by atoms with E-state index in [1.165, 1.54) is 18.6 Å². The van der Waals surface area contributed by atoms with E-state index in [4.69, 9.17) is 4.74 Å². The Hall–Kier alpha value is -2.14. The summed E-state index contributed by atoms with van der Waals surface area (Å²) in [7, 11) is 3.55. The highest BCUT2D eigenvalue weighted by Gasteiger charge is 2.09. The number of benzene rings is 1. The quantitative estimate of drug-likeness (QED) is 0.898. The van der Waals surface area contributed by atoms with Crippen LogP contribution in [0.15, 0.2) is 41.6 Å². The first-order chi connectivity index (χ1) is 9.65. The molecule has 1 aromatic carbocycles. The average molecular weight is 273 g/mol. The van der Waals surface area contributed by atoms with E-state index in [2.05, 4.69) is 23.3 Å². The van der Waals surface area contributed by atoms with Crippen LogP contribution in [0.5, 0.6) is 5.75 Å². The van der Waals surface area contributed by atoms with Gasteiger partial charge in [0.1, 0.15) is 5.75 Å². The third-order valence-electron chi connectivity index (χ3n) is 3.37. The van der Waals surface area contributed by atoms with Crippen LogP contribution < -0.4 is 15.6 Å². The van der Waals surface area contributed by atoms with Gasteiger partial charge in [0.25, 0.3) is 5.56 Å². The smallest absolute Gasteiger partial charge is 0.253 e. The molecule has 0 saturated carbocycles. The first-order valence-electron chi connectivity index (χ1n) is 6.50. The summed E-state index contributed by atoms with van der Waals surface area (Å²) in [5.41, 5.74) is 2.04. The van der Waals surface area contributed by atoms with Gasteiger partial charge in [-0.05, 0) is 31.7 Å². The van der Waals surface area contributed by atoms with Crippen LogP contribution in [0.3, 0.4) is 0 Å². The molecular weight excluding hydrogens is 254 g/mol. The Morgan fingerprint density at radius 1 is 1.40 bits per heavy atom. The maximum Gasteiger partial charge on any atom is 0.253 e. The molecule has 0 aliphatic heterocycles. The van der Waals surface area contributed by atoms with Crippen molar-refractivity contribution >= 4 is 0 Å². The van der Waals surface area contributed by atoms with Gasteiger partial charge in [0.2, 0.25) is 0 Å². The van der Waals surface area contributed by atoms with E-state index in [1.54, 1.807) is 11.7 Å². The largest absolute Gasteiger partial charge is 0.496 e. The van der Waals surface area contributed by atoms with Crippen molar-refractivity contribution in [3.8, 4) is 5.75 Å². The minimum Gasteiger partial charge on any atom is -0.496 e. The predicted octanol–water partition coefficient (Wildman–Crippen LogP) is 1.58. The zero-order valence-corrected chi connectivity index (χ0v) is 12.0. The van der Waals surface area contributed by atoms with E-state index in [-0.39, 0.29) is 11.6 Å². The number of rotatable bonds is 5. The highest BCUT2D eigenvalue weighted by molar-refractivity contribution is 5.38. The monoisotopic (exact) mass is 273 g/mol. The highest BCUT2D eigenvalue weighted by Crippen LogP contribution is 2.23. The average Bonchev–Trinajstić information content (AvgIpc) is 2.48. The maximum absolute atomic E-state index is 11.8. The Bertz CT molecular complexity index is 637. The van der Waals surface area contributed by atoms with Gasteiger partial charge in [0.05, 0.1) is 20.0 Å². The summed E-state index contributed by atoms with van der Waals surface area (Å²) in [4.78, 5) is 15.7. The summed E-state index contributed by atoms with van der Waals surface area (Å²) in [5, 5.41) is 3.20. The second-order valence-corrected chi connectivity index (χ2v) is 4.63. The van der Waals surface area contributed by atoms with E-state index in [0.717, 1.165) is 16.9 Å². The van der Waals surface area contributed by atoms with Crippen LogP contribution >= 0.6 is 0 Å². The number of aromatic nitrogens is 2. The fourth-order valence-electron chi connectivity index (χ4n) is 2.04. The number of methoxy groups -OCH3 is 1. The SMILES string of the molecule is CNC(C)c1ccc(OC)c(Cn2cnccc2=O)c1. The molecule has 5 nitrogen and oxygen atoms in total. The number of hydrogen-bond acceptors (Lipinski definition) is 4. The molecule has 0 fully saturated rings. The lowest BCUT2D eigenvalue weighted by Crippen LogP contribution is -2.20. The molecule has 0 amide bonds. The molecule has 1 atom stereocenters. The van der Waals surface area contributed by atoms with Gasteiger partial charge in [0, 0.05) is 23.9 Å². The van der Waals surface area contributed by atoms with Crippen molar-refractivity contribution in [3.05, 3.63) is 58.3 Å². The van der Waals surface area contributed by atoms with Gasteiger partial charge < -0.3 is 10.1 Å². The molecule has 20 heavy (non-hydrogen) atoms. The topological polar surface area (TPSA) is 56.1 Å². The molecule has 0 aliphatic rings. The minimum absolute atomic E-state index is 0.0749. The lowest BCUT2D eigenvalue weighted by atomic mass is 10.0. The summed E-state index contributed by atoms with van der Waals surface area (Å²) >= 11 is 0. The first-order valence-corrected chi connectivity index (χ1v) is 6.50.